The van der Waals surface area contributed by atoms with E-state index in [0.717, 1.165) is 25.7 Å². The fourth-order valence-corrected chi connectivity index (χ4v) is 5.30. The number of rotatable bonds is 3. The van der Waals surface area contributed by atoms with Crippen molar-refractivity contribution in [2.75, 3.05) is 0 Å². The number of halogens is 4. The summed E-state index contributed by atoms with van der Waals surface area (Å²) in [4.78, 5) is 12.4. The van der Waals surface area contributed by atoms with Crippen LogP contribution < -0.4 is 0 Å². The van der Waals surface area contributed by atoms with Crippen LogP contribution in [0.2, 0.25) is 0 Å². The zero-order valence-electron chi connectivity index (χ0n) is 17.8. The van der Waals surface area contributed by atoms with Crippen LogP contribution in [0.15, 0.2) is 0 Å². The Morgan fingerprint density at radius 3 is 1.74 bits per heavy atom. The highest BCUT2D eigenvalue weighted by Crippen LogP contribution is 2.44. The zero-order chi connectivity index (χ0) is 20.4. The van der Waals surface area contributed by atoms with Gasteiger partial charge in [-0.2, -0.15) is 0 Å². The average molecular weight is 457 g/mol. The largest absolute Gasteiger partial charge is 0.462 e. The summed E-state index contributed by atoms with van der Waals surface area (Å²) >= 11 is 0. The van der Waals surface area contributed by atoms with Crippen molar-refractivity contribution in [3.8, 4) is 12.3 Å². The summed E-state index contributed by atoms with van der Waals surface area (Å²) in [6, 6.07) is 0. The number of hydrogen-bond acceptors (Lipinski definition) is 2. The van der Waals surface area contributed by atoms with E-state index in [1.165, 1.54) is 0 Å². The molecule has 0 amide bonds. The number of hydrogen-bond donors (Lipinski definition) is 0. The van der Waals surface area contributed by atoms with Gasteiger partial charge in [0.2, 0.25) is 0 Å². The van der Waals surface area contributed by atoms with Gasteiger partial charge in [0.1, 0.15) is 36.7 Å². The quantitative estimate of drug-likeness (QED) is 0.368. The molecule has 4 atom stereocenters. The molecule has 0 bridgehead atoms. The maximum atomic E-state index is 14.7. The number of carbonyl (C=O) groups excluding carboxylic acids is 1. The van der Waals surface area contributed by atoms with E-state index in [1.54, 1.807) is 0 Å². The lowest BCUT2D eigenvalue weighted by molar-refractivity contribution is -0.167. The normalized spacial score (nSPS) is 42.6. The van der Waals surface area contributed by atoms with E-state index in [0.29, 0.717) is 11.8 Å². The van der Waals surface area contributed by atoms with Crippen molar-refractivity contribution in [3.63, 3.8) is 0 Å². The van der Waals surface area contributed by atoms with Crippen molar-refractivity contribution in [2.24, 2.45) is 29.6 Å². The van der Waals surface area contributed by atoms with Gasteiger partial charge in [-0.1, -0.05) is 25.7 Å². The first-order valence-corrected chi connectivity index (χ1v) is 10.5. The molecule has 9 heteroatoms. The topological polar surface area (TPSA) is 121 Å². The Bertz CT molecular complexity index is 569. The van der Waals surface area contributed by atoms with Gasteiger partial charge in [0.25, 0.3) is 0 Å². The molecule has 0 aromatic rings. The molecular formula is C22H36F4O5. The van der Waals surface area contributed by atoms with Crippen molar-refractivity contribution >= 4 is 5.97 Å². The molecule has 182 valence electrons. The van der Waals surface area contributed by atoms with Crippen molar-refractivity contribution in [1.29, 1.82) is 0 Å². The SMILES string of the molecule is C#CC1C(F)CC(OC(=O)C2C(F)CC(C3CCC(C)CC3)CC2F)CC1F.O.O.O. The predicted octanol–water partition coefficient (Wildman–Crippen LogP) is 2.67. The monoisotopic (exact) mass is 456 g/mol. The summed E-state index contributed by atoms with van der Waals surface area (Å²) in [6.45, 7) is 2.19. The Kier molecular flexibility index (Phi) is 12.1. The van der Waals surface area contributed by atoms with E-state index in [2.05, 4.69) is 12.8 Å². The number of terminal acetylenes is 1. The van der Waals surface area contributed by atoms with Gasteiger partial charge >= 0.3 is 5.97 Å². The molecule has 5 nitrogen and oxygen atoms in total. The predicted molar refractivity (Wildman–Crippen MR) is 109 cm³/mol. The van der Waals surface area contributed by atoms with Crippen molar-refractivity contribution in [3.05, 3.63) is 0 Å². The minimum atomic E-state index is -1.63. The molecule has 3 aliphatic carbocycles. The van der Waals surface area contributed by atoms with Gasteiger partial charge in [0, 0.05) is 12.8 Å². The van der Waals surface area contributed by atoms with Crippen LogP contribution in [0.5, 0.6) is 0 Å². The second-order valence-corrected chi connectivity index (χ2v) is 9.06. The van der Waals surface area contributed by atoms with Crippen molar-refractivity contribution in [1.82, 2.24) is 0 Å². The molecule has 6 N–H and O–H groups in total. The molecule has 0 aromatic carbocycles. The minimum Gasteiger partial charge on any atom is -0.462 e. The van der Waals surface area contributed by atoms with Crippen LogP contribution in [0.25, 0.3) is 0 Å². The molecule has 3 rings (SSSR count). The molecule has 0 saturated heterocycles. The van der Waals surface area contributed by atoms with Crippen LogP contribution in [0.1, 0.15) is 58.3 Å². The van der Waals surface area contributed by atoms with Crippen LogP contribution >= 0.6 is 0 Å². The minimum absolute atomic E-state index is 0. The smallest absolute Gasteiger partial charge is 0.315 e. The van der Waals surface area contributed by atoms with Gasteiger partial charge < -0.3 is 21.2 Å². The summed E-state index contributed by atoms with van der Waals surface area (Å²) in [6.07, 6.45) is 1.57. The molecule has 3 saturated carbocycles. The highest BCUT2D eigenvalue weighted by atomic mass is 19.2. The van der Waals surface area contributed by atoms with E-state index in [9.17, 15) is 22.4 Å². The van der Waals surface area contributed by atoms with E-state index in [-0.39, 0.29) is 48.0 Å². The lowest BCUT2D eigenvalue weighted by Crippen LogP contribution is -2.46. The first-order valence-electron chi connectivity index (χ1n) is 10.5. The highest BCUT2D eigenvalue weighted by molar-refractivity contribution is 5.74. The fourth-order valence-electron chi connectivity index (χ4n) is 5.30. The third-order valence-corrected chi connectivity index (χ3v) is 7.07. The maximum absolute atomic E-state index is 14.7. The first kappa shape index (κ1) is 29.6. The number of ether oxygens (including phenoxy) is 1. The molecule has 0 radical (unpaired) electrons. The standard InChI is InChI=1S/C22H30F4O2.3H2O/c1-3-16-17(23)10-15(11-18(16)24)28-22(27)21-19(25)8-14(9-20(21)26)13-6-4-12(2)5-7-13;;;/h1,12-21H,4-11H2,2H3;3*1H2. The van der Waals surface area contributed by atoms with Gasteiger partial charge in [-0.25, -0.2) is 17.6 Å². The molecule has 3 aliphatic rings. The average Bonchev–Trinajstić information content (AvgIpc) is 2.61. The first-order chi connectivity index (χ1) is 13.3. The van der Waals surface area contributed by atoms with Crippen LogP contribution in [0.4, 0.5) is 17.6 Å². The Labute approximate surface area is 181 Å². The van der Waals surface area contributed by atoms with Gasteiger partial charge in [-0.3, -0.25) is 4.79 Å². The van der Waals surface area contributed by atoms with Crippen molar-refractivity contribution in [2.45, 2.75) is 89.1 Å². The number of carbonyl (C=O) groups is 1. The zero-order valence-corrected chi connectivity index (χ0v) is 17.8. The van der Waals surface area contributed by atoms with Gasteiger partial charge in [0.05, 0.1) is 5.92 Å². The molecular weight excluding hydrogens is 420 g/mol. The third-order valence-electron chi connectivity index (χ3n) is 7.07. The van der Waals surface area contributed by atoms with Crippen molar-refractivity contribution < 1.29 is 43.5 Å². The fraction of sp³-hybridized carbons (Fsp3) is 0.864. The molecule has 0 heterocycles. The number of alkyl halides is 4. The molecule has 4 unspecified atom stereocenters. The molecule has 31 heavy (non-hydrogen) atoms. The summed E-state index contributed by atoms with van der Waals surface area (Å²) < 4.78 is 62.5. The van der Waals surface area contributed by atoms with E-state index >= 15 is 0 Å². The number of esters is 1. The Balaban J connectivity index is 0.00000300. The van der Waals surface area contributed by atoms with Gasteiger partial charge in [0.15, 0.2) is 0 Å². The van der Waals surface area contributed by atoms with E-state index in [1.807, 2.05) is 0 Å². The van der Waals surface area contributed by atoms with Gasteiger partial charge in [-0.15, -0.1) is 6.42 Å². The third kappa shape index (κ3) is 6.80. The van der Waals surface area contributed by atoms with Crippen LogP contribution in [0.3, 0.4) is 0 Å². The van der Waals surface area contributed by atoms with Crippen LogP contribution in [-0.4, -0.2) is 53.2 Å². The Morgan fingerprint density at radius 1 is 0.806 bits per heavy atom. The molecule has 0 aliphatic heterocycles. The highest BCUT2D eigenvalue weighted by Gasteiger charge is 2.47. The van der Waals surface area contributed by atoms with Crippen LogP contribution in [-0.2, 0) is 9.53 Å². The van der Waals surface area contributed by atoms with E-state index in [4.69, 9.17) is 11.2 Å². The Hall–Kier alpha value is -1.37. The molecule has 0 aromatic heterocycles. The molecule has 3 fully saturated rings. The molecule has 0 spiro atoms. The van der Waals surface area contributed by atoms with Crippen LogP contribution in [0, 0.1) is 41.9 Å². The van der Waals surface area contributed by atoms with E-state index < -0.39 is 48.6 Å². The maximum Gasteiger partial charge on any atom is 0.315 e. The summed E-state index contributed by atoms with van der Waals surface area (Å²) in [5, 5.41) is 0. The second-order valence-electron chi connectivity index (χ2n) is 9.06. The summed E-state index contributed by atoms with van der Waals surface area (Å²) in [5.41, 5.74) is 0. The summed E-state index contributed by atoms with van der Waals surface area (Å²) in [7, 11) is 0. The lowest BCUT2D eigenvalue weighted by atomic mass is 9.68. The second kappa shape index (κ2) is 12.6. The Morgan fingerprint density at radius 2 is 1.29 bits per heavy atom. The summed E-state index contributed by atoms with van der Waals surface area (Å²) in [5.74, 6) is -0.680. The van der Waals surface area contributed by atoms with Gasteiger partial charge in [-0.05, 0) is 43.4 Å². The lowest BCUT2D eigenvalue weighted by Gasteiger charge is -2.40.